The molecule has 0 aliphatic rings. The van der Waals surface area contributed by atoms with Crippen LogP contribution in [0.1, 0.15) is 48.5 Å². The molecular weight excluding hydrogens is 422 g/mol. The SMILES string of the molecule is CC(C)N(CCn1c(SCC(=O)NC(C)(C#N)C(C)C)nc2ccccc2c1=O)C(C)C. The van der Waals surface area contributed by atoms with Crippen molar-refractivity contribution in [3.63, 3.8) is 0 Å². The number of nitrogens with one attached hydrogen (secondary N) is 1. The molecular formula is C24H35N5O2S. The van der Waals surface area contributed by atoms with Gasteiger partial charge in [-0.25, -0.2) is 4.98 Å². The molecule has 174 valence electrons. The maximum Gasteiger partial charge on any atom is 0.262 e. The van der Waals surface area contributed by atoms with E-state index in [1.54, 1.807) is 17.6 Å². The van der Waals surface area contributed by atoms with Crippen LogP contribution >= 0.6 is 11.8 Å². The highest BCUT2D eigenvalue weighted by molar-refractivity contribution is 7.99. The summed E-state index contributed by atoms with van der Waals surface area (Å²) in [5.74, 6) is -0.212. The summed E-state index contributed by atoms with van der Waals surface area (Å²) >= 11 is 1.23. The standard InChI is InChI=1S/C24H35N5O2S/c1-16(2)24(7,15-25)27-21(30)14-32-23-26-20-11-9-8-10-19(20)22(31)29(23)13-12-28(17(3)4)18(5)6/h8-11,16-18H,12-14H2,1-7H3,(H,27,30). The molecule has 7 nitrogen and oxygen atoms in total. The molecule has 2 rings (SSSR count). The van der Waals surface area contributed by atoms with Gasteiger partial charge >= 0.3 is 0 Å². The first-order valence-corrected chi connectivity index (χ1v) is 12.1. The first kappa shape index (κ1) is 25.9. The molecule has 1 aromatic carbocycles. The Labute approximate surface area is 195 Å². The van der Waals surface area contributed by atoms with E-state index in [0.717, 1.165) is 0 Å². The Bertz CT molecular complexity index is 1030. The first-order chi connectivity index (χ1) is 15.0. The number of aromatic nitrogens is 2. The van der Waals surface area contributed by atoms with Crippen LogP contribution in [0.4, 0.5) is 0 Å². The van der Waals surface area contributed by atoms with E-state index in [2.05, 4.69) is 49.0 Å². The van der Waals surface area contributed by atoms with Crippen LogP contribution in [0.3, 0.4) is 0 Å². The Morgan fingerprint density at radius 3 is 2.41 bits per heavy atom. The third-order valence-electron chi connectivity index (χ3n) is 5.85. The van der Waals surface area contributed by atoms with Crippen molar-refractivity contribution >= 4 is 28.6 Å². The number of thioether (sulfide) groups is 1. The second kappa shape index (κ2) is 11.0. The zero-order chi connectivity index (χ0) is 24.1. The molecule has 32 heavy (non-hydrogen) atoms. The molecule has 1 aromatic heterocycles. The third kappa shape index (κ3) is 6.11. The maximum atomic E-state index is 13.3. The largest absolute Gasteiger partial charge is 0.337 e. The molecule has 0 aliphatic carbocycles. The third-order valence-corrected chi connectivity index (χ3v) is 6.83. The van der Waals surface area contributed by atoms with Crippen LogP contribution in [0.5, 0.6) is 0 Å². The number of nitriles is 1. The summed E-state index contributed by atoms with van der Waals surface area (Å²) in [4.78, 5) is 32.9. The molecule has 0 aliphatic heterocycles. The van der Waals surface area contributed by atoms with Gasteiger partial charge in [0.2, 0.25) is 5.91 Å². The predicted molar refractivity (Wildman–Crippen MR) is 131 cm³/mol. The first-order valence-electron chi connectivity index (χ1n) is 11.1. The van der Waals surface area contributed by atoms with Crippen molar-refractivity contribution in [2.75, 3.05) is 12.3 Å². The van der Waals surface area contributed by atoms with E-state index in [1.165, 1.54) is 11.8 Å². The number of hydrogen-bond acceptors (Lipinski definition) is 6. The van der Waals surface area contributed by atoms with Crippen molar-refractivity contribution in [1.82, 2.24) is 19.8 Å². The van der Waals surface area contributed by atoms with Gasteiger partial charge in [-0.05, 0) is 52.7 Å². The number of benzene rings is 1. The fraction of sp³-hybridized carbons (Fsp3) is 0.583. The Hall–Kier alpha value is -2.37. The fourth-order valence-electron chi connectivity index (χ4n) is 3.54. The monoisotopic (exact) mass is 457 g/mol. The van der Waals surface area contributed by atoms with Gasteiger partial charge in [0.25, 0.3) is 5.56 Å². The molecule has 0 saturated carbocycles. The van der Waals surface area contributed by atoms with Crippen molar-refractivity contribution in [1.29, 1.82) is 5.26 Å². The van der Waals surface area contributed by atoms with Crippen molar-refractivity contribution in [2.45, 2.75) is 77.8 Å². The molecule has 2 aromatic rings. The Morgan fingerprint density at radius 2 is 1.84 bits per heavy atom. The van der Waals surface area contributed by atoms with Crippen molar-refractivity contribution in [2.24, 2.45) is 5.92 Å². The quantitative estimate of drug-likeness (QED) is 0.432. The average molecular weight is 458 g/mol. The van der Waals surface area contributed by atoms with Gasteiger partial charge in [0, 0.05) is 25.2 Å². The molecule has 0 radical (unpaired) electrons. The normalized spacial score (nSPS) is 13.7. The highest BCUT2D eigenvalue weighted by Gasteiger charge is 2.30. The lowest BCUT2D eigenvalue weighted by Crippen LogP contribution is -2.49. The van der Waals surface area contributed by atoms with E-state index in [1.807, 2.05) is 32.0 Å². The van der Waals surface area contributed by atoms with Gasteiger partial charge < -0.3 is 5.32 Å². The smallest absolute Gasteiger partial charge is 0.262 e. The highest BCUT2D eigenvalue weighted by Crippen LogP contribution is 2.20. The molecule has 0 fully saturated rings. The van der Waals surface area contributed by atoms with Crippen LogP contribution in [0.2, 0.25) is 0 Å². The van der Waals surface area contributed by atoms with Crippen LogP contribution < -0.4 is 10.9 Å². The minimum absolute atomic E-state index is 0.0310. The molecule has 0 bridgehead atoms. The summed E-state index contributed by atoms with van der Waals surface area (Å²) in [6.07, 6.45) is 0. The summed E-state index contributed by atoms with van der Waals surface area (Å²) in [6.45, 7) is 15.3. The van der Waals surface area contributed by atoms with Gasteiger partial charge in [0.1, 0.15) is 5.54 Å². The number of carbonyl (C=O) groups excluding carboxylic acids is 1. The Morgan fingerprint density at radius 1 is 1.22 bits per heavy atom. The van der Waals surface area contributed by atoms with Crippen molar-refractivity contribution in [3.8, 4) is 6.07 Å². The molecule has 0 saturated heterocycles. The molecule has 1 N–H and O–H groups in total. The summed E-state index contributed by atoms with van der Waals surface area (Å²) in [5, 5.41) is 13.4. The Balaban J connectivity index is 2.32. The van der Waals surface area contributed by atoms with Crippen molar-refractivity contribution in [3.05, 3.63) is 34.6 Å². The van der Waals surface area contributed by atoms with Crippen LogP contribution in [-0.2, 0) is 11.3 Å². The second-order valence-corrected chi connectivity index (χ2v) is 10.0. The van der Waals surface area contributed by atoms with Crippen LogP contribution in [0.15, 0.2) is 34.2 Å². The zero-order valence-electron chi connectivity index (χ0n) is 20.2. The summed E-state index contributed by atoms with van der Waals surface area (Å²) in [7, 11) is 0. The van der Waals surface area contributed by atoms with E-state index >= 15 is 0 Å². The summed E-state index contributed by atoms with van der Waals surface area (Å²) < 4.78 is 1.67. The number of rotatable bonds is 10. The van der Waals surface area contributed by atoms with Crippen LogP contribution in [0.25, 0.3) is 10.9 Å². The zero-order valence-corrected chi connectivity index (χ0v) is 21.0. The minimum atomic E-state index is -0.941. The number of amides is 1. The maximum absolute atomic E-state index is 13.3. The number of fused-ring (bicyclic) bond motifs is 1. The van der Waals surface area contributed by atoms with Crippen molar-refractivity contribution < 1.29 is 4.79 Å². The van der Waals surface area contributed by atoms with E-state index in [9.17, 15) is 14.9 Å². The van der Waals surface area contributed by atoms with Gasteiger partial charge in [0.05, 0.1) is 22.7 Å². The van der Waals surface area contributed by atoms with Gasteiger partial charge in [-0.1, -0.05) is 37.7 Å². The van der Waals surface area contributed by atoms with Crippen LogP contribution in [0, 0.1) is 17.2 Å². The molecule has 1 unspecified atom stereocenters. The Kier molecular flexibility index (Phi) is 8.88. The molecule has 0 spiro atoms. The minimum Gasteiger partial charge on any atom is -0.337 e. The number of para-hydroxylation sites is 1. The molecule has 1 heterocycles. The van der Waals surface area contributed by atoms with Gasteiger partial charge in [-0.2, -0.15) is 5.26 Å². The fourth-order valence-corrected chi connectivity index (χ4v) is 4.37. The number of nitrogens with zero attached hydrogens (tertiary/aromatic N) is 4. The van der Waals surface area contributed by atoms with E-state index in [-0.39, 0.29) is 23.1 Å². The summed E-state index contributed by atoms with van der Waals surface area (Å²) in [5.41, 5.74) is -0.427. The lowest BCUT2D eigenvalue weighted by Gasteiger charge is -2.31. The predicted octanol–water partition coefficient (Wildman–Crippen LogP) is 3.66. The van der Waals surface area contributed by atoms with Gasteiger partial charge in [-0.15, -0.1) is 0 Å². The lowest BCUT2D eigenvalue weighted by atomic mass is 9.90. The summed E-state index contributed by atoms with van der Waals surface area (Å²) in [6, 6.07) is 10.2. The van der Waals surface area contributed by atoms with Gasteiger partial charge in [-0.3, -0.25) is 19.1 Å². The van der Waals surface area contributed by atoms with Gasteiger partial charge in [0.15, 0.2) is 5.16 Å². The second-order valence-electron chi connectivity index (χ2n) is 9.10. The molecule has 1 atom stereocenters. The lowest BCUT2D eigenvalue weighted by molar-refractivity contribution is -0.120. The van der Waals surface area contributed by atoms with Crippen LogP contribution in [-0.4, -0.2) is 50.3 Å². The van der Waals surface area contributed by atoms with E-state index < -0.39 is 5.54 Å². The average Bonchev–Trinajstić information content (AvgIpc) is 2.73. The van der Waals surface area contributed by atoms with E-state index in [0.29, 0.717) is 41.2 Å². The molecule has 8 heteroatoms. The number of carbonyl (C=O) groups is 1. The van der Waals surface area contributed by atoms with E-state index in [4.69, 9.17) is 0 Å². The highest BCUT2D eigenvalue weighted by atomic mass is 32.2. The number of hydrogen-bond donors (Lipinski definition) is 1. The molecule has 1 amide bonds. The topological polar surface area (TPSA) is 91.0 Å².